The van der Waals surface area contributed by atoms with Gasteiger partial charge < -0.3 is 10.6 Å². The molecular formula is C13H18F2N4O. The molecule has 2 aliphatic rings. The highest BCUT2D eigenvalue weighted by molar-refractivity contribution is 5.79. The van der Waals surface area contributed by atoms with Crippen LogP contribution in [0, 0.1) is 5.92 Å². The van der Waals surface area contributed by atoms with Crippen LogP contribution in [0.2, 0.25) is 0 Å². The molecule has 0 bridgehead atoms. The fraction of sp³-hybridized carbons (Fsp3) is 0.692. The van der Waals surface area contributed by atoms with E-state index in [1.165, 1.54) is 0 Å². The van der Waals surface area contributed by atoms with Crippen LogP contribution < -0.4 is 10.6 Å². The molecule has 5 nitrogen and oxygen atoms in total. The SMILES string of the molecule is O=C(NCC[C@H]1CNCc2ccnn21)C1CC(F)(F)C1. The number of alkyl halides is 2. The smallest absolute Gasteiger partial charge is 0.249 e. The second kappa shape index (κ2) is 5.12. The van der Waals surface area contributed by atoms with Crippen molar-refractivity contribution in [2.75, 3.05) is 13.1 Å². The molecule has 110 valence electrons. The van der Waals surface area contributed by atoms with Crippen molar-refractivity contribution in [2.24, 2.45) is 5.92 Å². The van der Waals surface area contributed by atoms with Crippen LogP contribution in [0.15, 0.2) is 12.3 Å². The van der Waals surface area contributed by atoms with Crippen molar-refractivity contribution >= 4 is 5.91 Å². The first-order valence-corrected chi connectivity index (χ1v) is 6.94. The molecule has 0 aromatic carbocycles. The van der Waals surface area contributed by atoms with Crippen molar-refractivity contribution in [3.05, 3.63) is 18.0 Å². The maximum atomic E-state index is 12.7. The molecule has 7 heteroatoms. The van der Waals surface area contributed by atoms with Gasteiger partial charge in [-0.05, 0) is 12.5 Å². The molecule has 0 saturated heterocycles. The van der Waals surface area contributed by atoms with Gasteiger partial charge in [-0.25, -0.2) is 8.78 Å². The van der Waals surface area contributed by atoms with Crippen molar-refractivity contribution in [2.45, 2.75) is 37.8 Å². The Morgan fingerprint density at radius 3 is 3.10 bits per heavy atom. The van der Waals surface area contributed by atoms with E-state index in [-0.39, 0.29) is 24.8 Å². The highest BCUT2D eigenvalue weighted by Crippen LogP contribution is 2.42. The van der Waals surface area contributed by atoms with Crippen LogP contribution >= 0.6 is 0 Å². The Morgan fingerprint density at radius 1 is 1.55 bits per heavy atom. The van der Waals surface area contributed by atoms with Crippen LogP contribution in [-0.2, 0) is 11.3 Å². The highest BCUT2D eigenvalue weighted by atomic mass is 19.3. The molecule has 3 rings (SSSR count). The van der Waals surface area contributed by atoms with Gasteiger partial charge in [0.05, 0.1) is 11.7 Å². The molecule has 0 spiro atoms. The van der Waals surface area contributed by atoms with E-state index < -0.39 is 11.8 Å². The molecule has 1 aliphatic carbocycles. The maximum absolute atomic E-state index is 12.7. The largest absolute Gasteiger partial charge is 0.356 e. The number of rotatable bonds is 4. The summed E-state index contributed by atoms with van der Waals surface area (Å²) >= 11 is 0. The standard InChI is InChI=1S/C13H18F2N4O/c14-13(15)5-9(6-13)12(20)17-3-1-10-7-16-8-11-2-4-18-19(10)11/h2,4,9-10,16H,1,3,5-8H2,(H,17,20)/t10-/m0/s1. The number of hydrogen-bond donors (Lipinski definition) is 2. The van der Waals surface area contributed by atoms with Crippen LogP contribution in [0.4, 0.5) is 8.78 Å². The van der Waals surface area contributed by atoms with Gasteiger partial charge in [0, 0.05) is 44.6 Å². The number of nitrogens with zero attached hydrogens (tertiary/aromatic N) is 2. The lowest BCUT2D eigenvalue weighted by Gasteiger charge is -2.33. The van der Waals surface area contributed by atoms with E-state index in [0.717, 1.165) is 25.2 Å². The van der Waals surface area contributed by atoms with Crippen molar-refractivity contribution in [1.82, 2.24) is 20.4 Å². The zero-order valence-electron chi connectivity index (χ0n) is 11.1. The number of carbonyl (C=O) groups is 1. The highest BCUT2D eigenvalue weighted by Gasteiger charge is 2.48. The lowest BCUT2D eigenvalue weighted by atomic mass is 9.81. The van der Waals surface area contributed by atoms with E-state index in [9.17, 15) is 13.6 Å². The zero-order valence-corrected chi connectivity index (χ0v) is 11.1. The average Bonchev–Trinajstić information content (AvgIpc) is 2.84. The van der Waals surface area contributed by atoms with E-state index >= 15 is 0 Å². The number of aromatic nitrogens is 2. The van der Waals surface area contributed by atoms with Crippen LogP contribution in [0.1, 0.15) is 31.0 Å². The summed E-state index contributed by atoms with van der Waals surface area (Å²) in [6.45, 7) is 2.11. The molecule has 1 aromatic heterocycles. The lowest BCUT2D eigenvalue weighted by Crippen LogP contribution is -2.45. The number of fused-ring (bicyclic) bond motifs is 1. The van der Waals surface area contributed by atoms with Gasteiger partial charge in [0.25, 0.3) is 0 Å². The number of carbonyl (C=O) groups excluding carboxylic acids is 1. The van der Waals surface area contributed by atoms with Gasteiger partial charge in [0.15, 0.2) is 0 Å². The molecular weight excluding hydrogens is 266 g/mol. The van der Waals surface area contributed by atoms with Crippen LogP contribution in [0.3, 0.4) is 0 Å². The number of nitrogens with one attached hydrogen (secondary N) is 2. The normalized spacial score (nSPS) is 24.8. The Labute approximate surface area is 115 Å². The van der Waals surface area contributed by atoms with Gasteiger partial charge in [-0.3, -0.25) is 9.48 Å². The topological polar surface area (TPSA) is 59.0 Å². The number of hydrogen-bond acceptors (Lipinski definition) is 3. The Balaban J connectivity index is 1.44. The molecule has 20 heavy (non-hydrogen) atoms. The minimum absolute atomic E-state index is 0.205. The number of amides is 1. The summed E-state index contributed by atoms with van der Waals surface area (Å²) < 4.78 is 27.4. The van der Waals surface area contributed by atoms with Crippen molar-refractivity contribution in [1.29, 1.82) is 0 Å². The molecule has 1 amide bonds. The summed E-state index contributed by atoms with van der Waals surface area (Å²) in [6, 6.07) is 2.17. The first-order valence-electron chi connectivity index (χ1n) is 6.94. The van der Waals surface area contributed by atoms with Gasteiger partial charge >= 0.3 is 0 Å². The predicted molar refractivity (Wildman–Crippen MR) is 68.3 cm³/mol. The molecule has 1 saturated carbocycles. The summed E-state index contributed by atoms with van der Waals surface area (Å²) in [7, 11) is 0. The van der Waals surface area contributed by atoms with Crippen molar-refractivity contribution in [3.63, 3.8) is 0 Å². The van der Waals surface area contributed by atoms with Crippen LogP contribution in [0.5, 0.6) is 0 Å². The second-order valence-electron chi connectivity index (χ2n) is 5.59. The molecule has 1 atom stereocenters. The summed E-state index contributed by atoms with van der Waals surface area (Å²) in [5, 5.41) is 10.3. The van der Waals surface area contributed by atoms with E-state index in [4.69, 9.17) is 0 Å². The Kier molecular flexibility index (Phi) is 3.45. The maximum Gasteiger partial charge on any atom is 0.249 e. The molecule has 1 fully saturated rings. The Bertz CT molecular complexity index is 494. The lowest BCUT2D eigenvalue weighted by molar-refractivity contribution is -0.150. The van der Waals surface area contributed by atoms with Gasteiger partial charge in [0.2, 0.25) is 11.8 Å². The molecule has 2 heterocycles. The van der Waals surface area contributed by atoms with Gasteiger partial charge in [0.1, 0.15) is 0 Å². The summed E-state index contributed by atoms with van der Waals surface area (Å²) in [5.41, 5.74) is 1.13. The predicted octanol–water partition coefficient (Wildman–Crippen LogP) is 1.08. The van der Waals surface area contributed by atoms with E-state index in [2.05, 4.69) is 15.7 Å². The van der Waals surface area contributed by atoms with Crippen molar-refractivity contribution in [3.8, 4) is 0 Å². The third-order valence-electron chi connectivity index (χ3n) is 4.02. The monoisotopic (exact) mass is 284 g/mol. The van der Waals surface area contributed by atoms with Gasteiger partial charge in [-0.2, -0.15) is 5.10 Å². The fourth-order valence-corrected chi connectivity index (χ4v) is 2.84. The zero-order chi connectivity index (χ0) is 14.2. The van der Waals surface area contributed by atoms with Crippen molar-refractivity contribution < 1.29 is 13.6 Å². The minimum atomic E-state index is -2.64. The summed E-state index contributed by atoms with van der Waals surface area (Å²) in [4.78, 5) is 11.7. The fourth-order valence-electron chi connectivity index (χ4n) is 2.84. The Morgan fingerprint density at radius 2 is 2.35 bits per heavy atom. The molecule has 0 unspecified atom stereocenters. The molecule has 1 aliphatic heterocycles. The molecule has 0 radical (unpaired) electrons. The number of halogens is 2. The third kappa shape index (κ3) is 2.67. The minimum Gasteiger partial charge on any atom is -0.356 e. The van der Waals surface area contributed by atoms with Crippen LogP contribution in [0.25, 0.3) is 0 Å². The molecule has 1 aromatic rings. The average molecular weight is 284 g/mol. The first kappa shape index (κ1) is 13.5. The second-order valence-corrected chi connectivity index (χ2v) is 5.59. The Hall–Kier alpha value is -1.50. The van der Waals surface area contributed by atoms with E-state index in [1.54, 1.807) is 6.20 Å². The first-order chi connectivity index (χ1) is 9.55. The third-order valence-corrected chi connectivity index (χ3v) is 4.02. The molecule has 2 N–H and O–H groups in total. The van der Waals surface area contributed by atoms with Gasteiger partial charge in [-0.15, -0.1) is 0 Å². The summed E-state index contributed by atoms with van der Waals surface area (Å²) in [6.07, 6.45) is 1.89. The van der Waals surface area contributed by atoms with Gasteiger partial charge in [-0.1, -0.05) is 0 Å². The van der Waals surface area contributed by atoms with Crippen LogP contribution in [-0.4, -0.2) is 34.7 Å². The van der Waals surface area contributed by atoms with E-state index in [1.807, 2.05) is 10.7 Å². The quantitative estimate of drug-likeness (QED) is 0.870. The summed E-state index contributed by atoms with van der Waals surface area (Å²) in [5.74, 6) is -3.41. The van der Waals surface area contributed by atoms with E-state index in [0.29, 0.717) is 6.54 Å².